The first-order chi connectivity index (χ1) is 14.6. The number of carbonyl (C=O) groups excluding carboxylic acids is 2. The van der Waals surface area contributed by atoms with Crippen molar-refractivity contribution in [1.29, 1.82) is 5.26 Å². The molecular formula is C23H23N3O3S. The fraction of sp³-hybridized carbons (Fsp3) is 0.348. The number of ether oxygens (including phenoxy) is 1. The molecule has 7 heteroatoms. The number of hydrogen-bond donors (Lipinski definition) is 1. The van der Waals surface area contributed by atoms with Crippen LogP contribution in [0.2, 0.25) is 0 Å². The molecule has 2 aromatic rings. The van der Waals surface area contributed by atoms with Gasteiger partial charge >= 0.3 is 0 Å². The normalized spacial score (nSPS) is 18.8. The van der Waals surface area contributed by atoms with E-state index in [4.69, 9.17) is 10.00 Å². The van der Waals surface area contributed by atoms with Crippen molar-refractivity contribution in [3.63, 3.8) is 0 Å². The van der Waals surface area contributed by atoms with E-state index in [1.165, 1.54) is 12.8 Å². The van der Waals surface area contributed by atoms with Gasteiger partial charge in [-0.2, -0.15) is 5.26 Å². The summed E-state index contributed by atoms with van der Waals surface area (Å²) in [6.07, 6.45) is 4.86. The van der Waals surface area contributed by atoms with Gasteiger partial charge in [-0.3, -0.25) is 9.59 Å². The lowest BCUT2D eigenvalue weighted by molar-refractivity contribution is -0.119. The lowest BCUT2D eigenvalue weighted by Gasteiger charge is -2.23. The Labute approximate surface area is 180 Å². The van der Waals surface area contributed by atoms with Gasteiger partial charge in [-0.05, 0) is 74.2 Å². The fourth-order valence-corrected chi connectivity index (χ4v) is 4.91. The van der Waals surface area contributed by atoms with E-state index in [0.717, 1.165) is 18.6 Å². The minimum Gasteiger partial charge on any atom is -0.490 e. The molecule has 1 heterocycles. The van der Waals surface area contributed by atoms with E-state index in [9.17, 15) is 9.59 Å². The number of benzene rings is 2. The van der Waals surface area contributed by atoms with Crippen LogP contribution in [0, 0.1) is 11.3 Å². The number of nitrogens with zero attached hydrogens (tertiary/aromatic N) is 2. The lowest BCUT2D eigenvalue weighted by atomic mass is 10.1. The van der Waals surface area contributed by atoms with Gasteiger partial charge in [0.1, 0.15) is 11.8 Å². The van der Waals surface area contributed by atoms with Crippen LogP contribution in [0.1, 0.15) is 41.6 Å². The highest BCUT2D eigenvalue weighted by Gasteiger charge is 2.35. The molecule has 0 spiro atoms. The molecule has 2 aromatic carbocycles. The van der Waals surface area contributed by atoms with Crippen molar-refractivity contribution in [2.75, 3.05) is 16.9 Å². The molecule has 2 amide bonds. The Bertz CT molecular complexity index is 947. The lowest BCUT2D eigenvalue weighted by Crippen LogP contribution is -2.44. The van der Waals surface area contributed by atoms with Crippen LogP contribution >= 0.6 is 11.8 Å². The molecule has 2 aliphatic rings. The molecule has 2 fully saturated rings. The largest absolute Gasteiger partial charge is 0.490 e. The van der Waals surface area contributed by atoms with Crippen LogP contribution in [0.5, 0.6) is 5.75 Å². The second kappa shape index (κ2) is 9.23. The Hall–Kier alpha value is -2.98. The summed E-state index contributed by atoms with van der Waals surface area (Å²) >= 11 is 1.56. The van der Waals surface area contributed by atoms with Gasteiger partial charge < -0.3 is 15.0 Å². The second-order valence-corrected chi connectivity index (χ2v) is 8.52. The van der Waals surface area contributed by atoms with Crippen molar-refractivity contribution < 1.29 is 14.3 Å². The highest BCUT2D eigenvalue weighted by Crippen LogP contribution is 2.27. The van der Waals surface area contributed by atoms with Crippen LogP contribution < -0.4 is 10.1 Å². The van der Waals surface area contributed by atoms with Crippen molar-refractivity contribution >= 4 is 29.3 Å². The summed E-state index contributed by atoms with van der Waals surface area (Å²) in [7, 11) is 0. The molecule has 1 aliphatic heterocycles. The van der Waals surface area contributed by atoms with E-state index in [0.29, 0.717) is 28.4 Å². The molecule has 1 N–H and O–H groups in total. The Balaban J connectivity index is 1.39. The first-order valence-corrected chi connectivity index (χ1v) is 11.3. The molecular weight excluding hydrogens is 398 g/mol. The maximum Gasteiger partial charge on any atom is 0.255 e. The molecule has 6 nitrogen and oxygen atoms in total. The monoisotopic (exact) mass is 421 g/mol. The quantitative estimate of drug-likeness (QED) is 0.788. The predicted molar refractivity (Wildman–Crippen MR) is 116 cm³/mol. The maximum atomic E-state index is 13.0. The summed E-state index contributed by atoms with van der Waals surface area (Å²) in [5, 5.41) is 11.7. The molecule has 1 saturated heterocycles. The minimum absolute atomic E-state index is 0.160. The van der Waals surface area contributed by atoms with Crippen LogP contribution in [-0.4, -0.2) is 40.5 Å². The first kappa shape index (κ1) is 20.3. The van der Waals surface area contributed by atoms with Crippen molar-refractivity contribution in [2.45, 2.75) is 37.8 Å². The van der Waals surface area contributed by atoms with Gasteiger partial charge in [0, 0.05) is 17.0 Å². The summed E-state index contributed by atoms with van der Waals surface area (Å²) < 4.78 is 5.96. The second-order valence-electron chi connectivity index (χ2n) is 7.52. The molecule has 0 aromatic heterocycles. The Morgan fingerprint density at radius 1 is 1.07 bits per heavy atom. The van der Waals surface area contributed by atoms with Crippen molar-refractivity contribution in [1.82, 2.24) is 4.90 Å². The molecule has 1 saturated carbocycles. The third kappa shape index (κ3) is 4.60. The zero-order valence-electron chi connectivity index (χ0n) is 16.5. The van der Waals surface area contributed by atoms with E-state index < -0.39 is 6.04 Å². The van der Waals surface area contributed by atoms with Crippen LogP contribution in [0.15, 0.2) is 48.5 Å². The number of rotatable bonds is 5. The summed E-state index contributed by atoms with van der Waals surface area (Å²) in [6, 6.07) is 15.4. The standard InChI is InChI=1S/C23H23N3O3S/c24-13-16-5-9-18(10-6-16)25-22(27)21-14-30-15-26(21)23(28)17-7-11-20(12-8-17)29-19-3-1-2-4-19/h5-12,19,21H,1-4,14-15H2,(H,25,27). The van der Waals surface area contributed by atoms with Gasteiger partial charge in [0.25, 0.3) is 5.91 Å². The average molecular weight is 422 g/mol. The van der Waals surface area contributed by atoms with E-state index in [1.807, 2.05) is 18.2 Å². The topological polar surface area (TPSA) is 82.4 Å². The van der Waals surface area contributed by atoms with E-state index in [-0.39, 0.29) is 17.9 Å². The Morgan fingerprint density at radius 3 is 2.43 bits per heavy atom. The summed E-state index contributed by atoms with van der Waals surface area (Å²) in [5.41, 5.74) is 1.69. The van der Waals surface area contributed by atoms with Gasteiger partial charge in [-0.1, -0.05) is 0 Å². The van der Waals surface area contributed by atoms with Gasteiger partial charge in [0.05, 0.1) is 23.6 Å². The Kier molecular flexibility index (Phi) is 6.24. The highest BCUT2D eigenvalue weighted by atomic mass is 32.2. The number of nitrogens with one attached hydrogen (secondary N) is 1. The number of anilines is 1. The number of nitriles is 1. The van der Waals surface area contributed by atoms with E-state index >= 15 is 0 Å². The molecule has 1 atom stereocenters. The van der Waals surface area contributed by atoms with Gasteiger partial charge in [0.2, 0.25) is 5.91 Å². The third-order valence-corrected chi connectivity index (χ3v) is 6.45. The van der Waals surface area contributed by atoms with E-state index in [2.05, 4.69) is 5.32 Å². The molecule has 0 bridgehead atoms. The fourth-order valence-electron chi connectivity index (χ4n) is 3.75. The summed E-state index contributed by atoms with van der Waals surface area (Å²) in [5.74, 6) is 1.43. The zero-order chi connectivity index (χ0) is 20.9. The van der Waals surface area contributed by atoms with E-state index in [1.54, 1.807) is 53.1 Å². The van der Waals surface area contributed by atoms with Crippen LogP contribution in [0.3, 0.4) is 0 Å². The SMILES string of the molecule is N#Cc1ccc(NC(=O)C2CSCN2C(=O)c2ccc(OC3CCCC3)cc2)cc1. The predicted octanol–water partition coefficient (Wildman–Crippen LogP) is 4.03. The first-order valence-electron chi connectivity index (χ1n) is 10.1. The zero-order valence-corrected chi connectivity index (χ0v) is 17.4. The highest BCUT2D eigenvalue weighted by molar-refractivity contribution is 7.99. The van der Waals surface area contributed by atoms with Crippen LogP contribution in [0.25, 0.3) is 0 Å². The Morgan fingerprint density at radius 2 is 1.77 bits per heavy atom. The van der Waals surface area contributed by atoms with Gasteiger partial charge in [0.15, 0.2) is 0 Å². The van der Waals surface area contributed by atoms with Gasteiger partial charge in [-0.15, -0.1) is 11.8 Å². The summed E-state index contributed by atoms with van der Waals surface area (Å²) in [4.78, 5) is 27.4. The summed E-state index contributed by atoms with van der Waals surface area (Å²) in [6.45, 7) is 0. The average Bonchev–Trinajstić information content (AvgIpc) is 3.46. The number of thioether (sulfide) groups is 1. The smallest absolute Gasteiger partial charge is 0.255 e. The van der Waals surface area contributed by atoms with Crippen molar-refractivity contribution in [3.05, 3.63) is 59.7 Å². The number of carbonyl (C=O) groups is 2. The maximum absolute atomic E-state index is 13.0. The molecule has 0 radical (unpaired) electrons. The third-order valence-electron chi connectivity index (χ3n) is 5.43. The number of hydrogen-bond acceptors (Lipinski definition) is 5. The molecule has 1 aliphatic carbocycles. The molecule has 154 valence electrons. The van der Waals surface area contributed by atoms with Crippen LogP contribution in [0.4, 0.5) is 5.69 Å². The number of amides is 2. The minimum atomic E-state index is -0.535. The molecule has 4 rings (SSSR count). The van der Waals surface area contributed by atoms with Gasteiger partial charge in [-0.25, -0.2) is 0 Å². The molecule has 1 unspecified atom stereocenters. The van der Waals surface area contributed by atoms with Crippen molar-refractivity contribution in [2.24, 2.45) is 0 Å². The van der Waals surface area contributed by atoms with Crippen LogP contribution in [-0.2, 0) is 4.79 Å². The molecule has 30 heavy (non-hydrogen) atoms. The van der Waals surface area contributed by atoms with Crippen molar-refractivity contribution in [3.8, 4) is 11.8 Å².